The zero-order valence-corrected chi connectivity index (χ0v) is 12.1. The number of aliphatic hydroxyl groups is 1. The maximum absolute atomic E-state index is 13.5. The summed E-state index contributed by atoms with van der Waals surface area (Å²) in [5.74, 6) is -0.838. The van der Waals surface area contributed by atoms with Crippen molar-refractivity contribution in [1.82, 2.24) is 5.32 Å². The second-order valence-corrected chi connectivity index (χ2v) is 4.83. The summed E-state index contributed by atoms with van der Waals surface area (Å²) >= 11 is 0. The molecule has 1 amide bonds. The van der Waals surface area contributed by atoms with Gasteiger partial charge < -0.3 is 15.2 Å². The molecule has 0 spiro atoms. The lowest BCUT2D eigenvalue weighted by atomic mass is 9.93. The van der Waals surface area contributed by atoms with E-state index in [2.05, 4.69) is 5.32 Å². The number of amides is 1. The van der Waals surface area contributed by atoms with Crippen LogP contribution in [0.2, 0.25) is 0 Å². The molecule has 20 heavy (non-hydrogen) atoms. The van der Waals surface area contributed by atoms with E-state index in [-0.39, 0.29) is 18.3 Å². The van der Waals surface area contributed by atoms with E-state index in [9.17, 15) is 14.3 Å². The van der Waals surface area contributed by atoms with Crippen LogP contribution in [0.5, 0.6) is 5.75 Å². The SMILES string of the molecule is CCC(CC)(CO)NC(=O)C(C)Oc1ccccc1F. The zero-order valence-electron chi connectivity index (χ0n) is 12.1. The van der Waals surface area contributed by atoms with Gasteiger partial charge in [0.05, 0.1) is 12.1 Å². The molecule has 1 atom stereocenters. The van der Waals surface area contributed by atoms with E-state index in [1.165, 1.54) is 12.1 Å². The van der Waals surface area contributed by atoms with Crippen LogP contribution in [0.25, 0.3) is 0 Å². The lowest BCUT2D eigenvalue weighted by Gasteiger charge is -2.32. The first-order chi connectivity index (χ1) is 9.48. The minimum atomic E-state index is -0.837. The monoisotopic (exact) mass is 283 g/mol. The molecule has 0 aliphatic rings. The molecule has 0 radical (unpaired) electrons. The zero-order chi connectivity index (χ0) is 15.2. The molecule has 0 heterocycles. The van der Waals surface area contributed by atoms with Crippen molar-refractivity contribution in [3.63, 3.8) is 0 Å². The molecule has 5 heteroatoms. The van der Waals surface area contributed by atoms with Crippen molar-refractivity contribution in [2.75, 3.05) is 6.61 Å². The fourth-order valence-corrected chi connectivity index (χ4v) is 1.84. The second-order valence-electron chi connectivity index (χ2n) is 4.83. The van der Waals surface area contributed by atoms with Crippen LogP contribution < -0.4 is 10.1 Å². The van der Waals surface area contributed by atoms with Crippen molar-refractivity contribution in [3.8, 4) is 5.75 Å². The number of hydrogen-bond acceptors (Lipinski definition) is 3. The molecule has 1 aromatic rings. The topological polar surface area (TPSA) is 58.6 Å². The molecule has 2 N–H and O–H groups in total. The van der Waals surface area contributed by atoms with Gasteiger partial charge in [0.25, 0.3) is 5.91 Å². The predicted molar refractivity (Wildman–Crippen MR) is 75.0 cm³/mol. The van der Waals surface area contributed by atoms with Gasteiger partial charge in [-0.15, -0.1) is 0 Å². The van der Waals surface area contributed by atoms with Gasteiger partial charge >= 0.3 is 0 Å². The Hall–Kier alpha value is -1.62. The first kappa shape index (κ1) is 16.4. The fourth-order valence-electron chi connectivity index (χ4n) is 1.84. The molecule has 0 aliphatic heterocycles. The molecule has 1 aromatic carbocycles. The Morgan fingerprint density at radius 3 is 2.50 bits per heavy atom. The first-order valence-electron chi connectivity index (χ1n) is 6.82. The molecule has 0 fully saturated rings. The van der Waals surface area contributed by atoms with Crippen LogP contribution in [0.4, 0.5) is 4.39 Å². The highest BCUT2D eigenvalue weighted by Crippen LogP contribution is 2.18. The molecule has 0 bridgehead atoms. The van der Waals surface area contributed by atoms with Crippen molar-refractivity contribution in [2.24, 2.45) is 0 Å². The molecule has 112 valence electrons. The predicted octanol–water partition coefficient (Wildman–Crippen LogP) is 2.26. The quantitative estimate of drug-likeness (QED) is 0.807. The molecule has 4 nitrogen and oxygen atoms in total. The van der Waals surface area contributed by atoms with Gasteiger partial charge in [0.1, 0.15) is 0 Å². The molecule has 0 aliphatic carbocycles. The Balaban J connectivity index is 2.70. The Kier molecular flexibility index (Phi) is 5.95. The van der Waals surface area contributed by atoms with Gasteiger partial charge in [-0.2, -0.15) is 0 Å². The third-order valence-corrected chi connectivity index (χ3v) is 3.55. The van der Waals surface area contributed by atoms with Gasteiger partial charge in [-0.25, -0.2) is 4.39 Å². The maximum Gasteiger partial charge on any atom is 0.261 e. The fraction of sp³-hybridized carbons (Fsp3) is 0.533. The number of halogens is 1. The van der Waals surface area contributed by atoms with Crippen molar-refractivity contribution < 1.29 is 19.0 Å². The standard InChI is InChI=1S/C15H22FNO3/c1-4-15(5-2,10-18)17-14(19)11(3)20-13-9-7-6-8-12(13)16/h6-9,11,18H,4-5,10H2,1-3H3,(H,17,19). The maximum atomic E-state index is 13.5. The lowest BCUT2D eigenvalue weighted by Crippen LogP contribution is -2.54. The second kappa shape index (κ2) is 7.24. The molecule has 1 unspecified atom stereocenters. The van der Waals surface area contributed by atoms with Crippen molar-refractivity contribution in [3.05, 3.63) is 30.1 Å². The van der Waals surface area contributed by atoms with E-state index in [0.717, 1.165) is 0 Å². The Morgan fingerprint density at radius 1 is 1.40 bits per heavy atom. The summed E-state index contributed by atoms with van der Waals surface area (Å²) in [6.45, 7) is 5.19. The van der Waals surface area contributed by atoms with Gasteiger partial charge in [0.15, 0.2) is 17.7 Å². The number of nitrogens with one attached hydrogen (secondary N) is 1. The van der Waals surface area contributed by atoms with E-state index >= 15 is 0 Å². The summed E-state index contributed by atoms with van der Waals surface area (Å²) in [5, 5.41) is 12.2. The molecule has 0 aromatic heterocycles. The Morgan fingerprint density at radius 2 is 2.00 bits per heavy atom. The van der Waals surface area contributed by atoms with Gasteiger partial charge in [-0.3, -0.25) is 4.79 Å². The van der Waals surface area contributed by atoms with Gasteiger partial charge in [-0.1, -0.05) is 26.0 Å². The Bertz CT molecular complexity index is 438. The number of hydrogen-bond donors (Lipinski definition) is 2. The number of ether oxygens (including phenoxy) is 1. The number of para-hydroxylation sites is 1. The van der Waals surface area contributed by atoms with E-state index in [0.29, 0.717) is 12.8 Å². The van der Waals surface area contributed by atoms with Crippen LogP contribution >= 0.6 is 0 Å². The third kappa shape index (κ3) is 3.93. The van der Waals surface area contributed by atoms with Gasteiger partial charge in [-0.05, 0) is 31.9 Å². The molecule has 1 rings (SSSR count). The van der Waals surface area contributed by atoms with Gasteiger partial charge in [0.2, 0.25) is 0 Å². The Labute approximate surface area is 119 Å². The minimum absolute atomic E-state index is 0.0396. The first-order valence-corrected chi connectivity index (χ1v) is 6.82. The van der Waals surface area contributed by atoms with E-state index < -0.39 is 17.5 Å². The summed E-state index contributed by atoms with van der Waals surface area (Å²) in [5.41, 5.74) is -0.649. The summed E-state index contributed by atoms with van der Waals surface area (Å²) in [6.07, 6.45) is 0.381. The average molecular weight is 283 g/mol. The van der Waals surface area contributed by atoms with Crippen LogP contribution in [0.15, 0.2) is 24.3 Å². The van der Waals surface area contributed by atoms with Crippen molar-refractivity contribution >= 4 is 5.91 Å². The van der Waals surface area contributed by atoms with Crippen molar-refractivity contribution in [2.45, 2.75) is 45.3 Å². The van der Waals surface area contributed by atoms with Gasteiger partial charge in [0, 0.05) is 0 Å². The number of aliphatic hydroxyl groups excluding tert-OH is 1. The highest BCUT2D eigenvalue weighted by molar-refractivity contribution is 5.81. The minimum Gasteiger partial charge on any atom is -0.478 e. The van der Waals surface area contributed by atoms with E-state index in [4.69, 9.17) is 4.74 Å². The van der Waals surface area contributed by atoms with Crippen molar-refractivity contribution in [1.29, 1.82) is 0 Å². The summed E-state index contributed by atoms with van der Waals surface area (Å²) in [4.78, 5) is 12.1. The van der Waals surface area contributed by atoms with Crippen LogP contribution in [0, 0.1) is 5.82 Å². The average Bonchev–Trinajstić information content (AvgIpc) is 2.47. The number of carbonyl (C=O) groups excluding carboxylic acids is 1. The largest absolute Gasteiger partial charge is 0.478 e. The normalized spacial score (nSPS) is 12.8. The highest BCUT2D eigenvalue weighted by atomic mass is 19.1. The smallest absolute Gasteiger partial charge is 0.261 e. The molecular formula is C15H22FNO3. The number of rotatable bonds is 7. The van der Waals surface area contributed by atoms with Crippen LogP contribution in [0.1, 0.15) is 33.6 Å². The number of benzene rings is 1. The number of carbonyl (C=O) groups is 1. The van der Waals surface area contributed by atoms with Crippen LogP contribution in [-0.4, -0.2) is 29.3 Å². The summed E-state index contributed by atoms with van der Waals surface area (Å²) in [6, 6.07) is 5.94. The van der Waals surface area contributed by atoms with Crippen LogP contribution in [0.3, 0.4) is 0 Å². The summed E-state index contributed by atoms with van der Waals surface area (Å²) in [7, 11) is 0. The highest BCUT2D eigenvalue weighted by Gasteiger charge is 2.29. The van der Waals surface area contributed by atoms with E-state index in [1.807, 2.05) is 13.8 Å². The molecule has 0 saturated carbocycles. The van der Waals surface area contributed by atoms with Crippen LogP contribution in [-0.2, 0) is 4.79 Å². The third-order valence-electron chi connectivity index (χ3n) is 3.55. The summed E-state index contributed by atoms with van der Waals surface area (Å²) < 4.78 is 18.8. The molecular weight excluding hydrogens is 261 g/mol. The molecule has 0 saturated heterocycles. The van der Waals surface area contributed by atoms with E-state index in [1.54, 1.807) is 19.1 Å². The lowest BCUT2D eigenvalue weighted by molar-refractivity contribution is -0.130.